The summed E-state index contributed by atoms with van der Waals surface area (Å²) in [4.78, 5) is 0.350. The number of hydrogen-bond acceptors (Lipinski definition) is 3. The Labute approximate surface area is 121 Å². The lowest BCUT2D eigenvalue weighted by Gasteiger charge is -2.17. The molecule has 0 heterocycles. The van der Waals surface area contributed by atoms with Crippen molar-refractivity contribution < 1.29 is 8.42 Å². The van der Waals surface area contributed by atoms with Gasteiger partial charge in [-0.1, -0.05) is 6.07 Å². The second kappa shape index (κ2) is 6.70. The van der Waals surface area contributed by atoms with Crippen LogP contribution in [0, 0.1) is 0 Å². The molecule has 0 saturated carbocycles. The molecule has 0 bridgehead atoms. The second-order valence-corrected chi connectivity index (χ2v) is 6.61. The Morgan fingerprint density at radius 1 is 1.26 bits per heavy atom. The highest BCUT2D eigenvalue weighted by atomic mass is 35.5. The average molecular weight is 305 g/mol. The summed E-state index contributed by atoms with van der Waals surface area (Å²) in [7, 11) is -3.44. The topological polar surface area (TPSA) is 72.2 Å². The number of nitrogens with two attached hydrogens (primary N) is 1. The predicted octanol–water partition coefficient (Wildman–Crippen LogP) is 1.61. The number of halogens is 1. The van der Waals surface area contributed by atoms with Crippen molar-refractivity contribution in [2.45, 2.75) is 43.5 Å². The van der Waals surface area contributed by atoms with Crippen molar-refractivity contribution in [2.24, 2.45) is 5.73 Å². The molecule has 0 saturated heterocycles. The van der Waals surface area contributed by atoms with E-state index in [1.54, 1.807) is 19.1 Å². The van der Waals surface area contributed by atoms with Crippen LogP contribution < -0.4 is 10.5 Å². The molecule has 1 aromatic rings. The van der Waals surface area contributed by atoms with Crippen LogP contribution in [0.25, 0.3) is 0 Å². The van der Waals surface area contributed by atoms with Crippen LogP contribution in [0.4, 0.5) is 0 Å². The molecule has 0 amide bonds. The largest absolute Gasteiger partial charge is 0.329 e. The molecular formula is C13H21ClN2O2S. The van der Waals surface area contributed by atoms with Gasteiger partial charge in [-0.25, -0.2) is 13.1 Å². The van der Waals surface area contributed by atoms with Crippen LogP contribution in [0.5, 0.6) is 0 Å². The van der Waals surface area contributed by atoms with Gasteiger partial charge in [0.2, 0.25) is 10.0 Å². The zero-order valence-electron chi connectivity index (χ0n) is 11.1. The van der Waals surface area contributed by atoms with Gasteiger partial charge in [0.25, 0.3) is 0 Å². The molecule has 1 aliphatic rings. The van der Waals surface area contributed by atoms with E-state index in [-0.39, 0.29) is 18.4 Å². The van der Waals surface area contributed by atoms with Gasteiger partial charge in [0.15, 0.2) is 0 Å². The Kier molecular flexibility index (Phi) is 5.80. The van der Waals surface area contributed by atoms with Crippen LogP contribution >= 0.6 is 12.4 Å². The fourth-order valence-electron chi connectivity index (χ4n) is 2.26. The number of rotatable bonds is 4. The zero-order chi connectivity index (χ0) is 13.2. The molecule has 0 spiro atoms. The molecule has 4 nitrogen and oxygen atoms in total. The highest BCUT2D eigenvalue weighted by molar-refractivity contribution is 7.89. The Hall–Kier alpha value is -0.620. The lowest BCUT2D eigenvalue weighted by molar-refractivity contribution is 0.562. The Morgan fingerprint density at radius 3 is 2.53 bits per heavy atom. The van der Waals surface area contributed by atoms with E-state index < -0.39 is 10.0 Å². The lowest BCUT2D eigenvalue weighted by Crippen LogP contribution is -2.37. The van der Waals surface area contributed by atoms with E-state index >= 15 is 0 Å². The SMILES string of the molecule is C[C@H](CN)NS(=O)(=O)c1ccc2c(c1)CCCC2.Cl. The molecule has 0 aromatic heterocycles. The maximum absolute atomic E-state index is 12.1. The molecule has 1 aromatic carbocycles. The molecule has 0 unspecified atom stereocenters. The quantitative estimate of drug-likeness (QED) is 0.888. The summed E-state index contributed by atoms with van der Waals surface area (Å²) in [6.45, 7) is 2.06. The van der Waals surface area contributed by atoms with Crippen molar-refractivity contribution in [1.29, 1.82) is 0 Å². The average Bonchev–Trinajstić information content (AvgIpc) is 2.37. The van der Waals surface area contributed by atoms with E-state index in [0.29, 0.717) is 11.4 Å². The van der Waals surface area contributed by atoms with Crippen LogP contribution in [-0.4, -0.2) is 21.0 Å². The van der Waals surface area contributed by atoms with Gasteiger partial charge in [-0.05, 0) is 55.9 Å². The van der Waals surface area contributed by atoms with Crippen molar-refractivity contribution in [3.63, 3.8) is 0 Å². The molecule has 1 atom stereocenters. The van der Waals surface area contributed by atoms with Crippen molar-refractivity contribution in [3.8, 4) is 0 Å². The normalized spacial score (nSPS) is 16.3. The number of benzene rings is 1. The van der Waals surface area contributed by atoms with Gasteiger partial charge in [0.05, 0.1) is 4.90 Å². The Morgan fingerprint density at radius 2 is 1.89 bits per heavy atom. The van der Waals surface area contributed by atoms with E-state index in [9.17, 15) is 8.42 Å². The van der Waals surface area contributed by atoms with Gasteiger partial charge in [-0.2, -0.15) is 0 Å². The van der Waals surface area contributed by atoms with Crippen molar-refractivity contribution in [3.05, 3.63) is 29.3 Å². The summed E-state index contributed by atoms with van der Waals surface area (Å²) in [6, 6.07) is 5.19. The molecule has 108 valence electrons. The van der Waals surface area contributed by atoms with Crippen molar-refractivity contribution in [1.82, 2.24) is 4.72 Å². The van der Waals surface area contributed by atoms with Crippen LogP contribution in [0.15, 0.2) is 23.1 Å². The maximum Gasteiger partial charge on any atom is 0.240 e. The standard InChI is InChI=1S/C13H20N2O2S.ClH/c1-10(9-14)15-18(16,17)13-7-6-11-4-2-3-5-12(11)8-13;/h6-8,10,15H,2-5,9,14H2,1H3;1H/t10-;/m1./s1. The third-order valence-corrected chi connectivity index (χ3v) is 4.93. The summed E-state index contributed by atoms with van der Waals surface area (Å²) >= 11 is 0. The third kappa shape index (κ3) is 3.92. The van der Waals surface area contributed by atoms with E-state index in [1.807, 2.05) is 6.07 Å². The first-order chi connectivity index (χ1) is 8.53. The van der Waals surface area contributed by atoms with Crippen LogP contribution in [0.3, 0.4) is 0 Å². The number of sulfonamides is 1. The fraction of sp³-hybridized carbons (Fsp3) is 0.538. The van der Waals surface area contributed by atoms with E-state index in [1.165, 1.54) is 17.5 Å². The maximum atomic E-state index is 12.1. The van der Waals surface area contributed by atoms with Crippen LogP contribution in [0.1, 0.15) is 30.9 Å². The number of aryl methyl sites for hydroxylation is 2. The molecule has 1 aliphatic carbocycles. The van der Waals surface area contributed by atoms with Crippen LogP contribution in [-0.2, 0) is 22.9 Å². The van der Waals surface area contributed by atoms with Crippen LogP contribution in [0.2, 0.25) is 0 Å². The Balaban J connectivity index is 0.00000180. The lowest BCUT2D eigenvalue weighted by atomic mass is 9.92. The molecular weight excluding hydrogens is 284 g/mol. The molecule has 2 rings (SSSR count). The first-order valence-corrected chi connectivity index (χ1v) is 7.85. The van der Waals surface area contributed by atoms with Gasteiger partial charge < -0.3 is 5.73 Å². The van der Waals surface area contributed by atoms with Gasteiger partial charge >= 0.3 is 0 Å². The summed E-state index contributed by atoms with van der Waals surface area (Å²) in [5, 5.41) is 0. The monoisotopic (exact) mass is 304 g/mol. The molecule has 0 fully saturated rings. The highest BCUT2D eigenvalue weighted by Gasteiger charge is 2.19. The minimum atomic E-state index is -3.44. The summed E-state index contributed by atoms with van der Waals surface area (Å²) in [6.07, 6.45) is 4.37. The van der Waals surface area contributed by atoms with Gasteiger partial charge in [-0.15, -0.1) is 12.4 Å². The summed E-state index contributed by atoms with van der Waals surface area (Å²) in [5.41, 5.74) is 7.90. The van der Waals surface area contributed by atoms with E-state index in [0.717, 1.165) is 19.3 Å². The first-order valence-electron chi connectivity index (χ1n) is 6.37. The smallest absolute Gasteiger partial charge is 0.240 e. The molecule has 6 heteroatoms. The van der Waals surface area contributed by atoms with Gasteiger partial charge in [0, 0.05) is 12.6 Å². The number of hydrogen-bond donors (Lipinski definition) is 2. The van der Waals surface area contributed by atoms with Gasteiger partial charge in [-0.3, -0.25) is 0 Å². The minimum Gasteiger partial charge on any atom is -0.329 e. The second-order valence-electron chi connectivity index (χ2n) is 4.90. The first kappa shape index (κ1) is 16.4. The Bertz CT molecular complexity index is 531. The van der Waals surface area contributed by atoms with Crippen molar-refractivity contribution >= 4 is 22.4 Å². The number of nitrogens with one attached hydrogen (secondary N) is 1. The zero-order valence-corrected chi connectivity index (χ0v) is 12.7. The number of fused-ring (bicyclic) bond motifs is 1. The highest BCUT2D eigenvalue weighted by Crippen LogP contribution is 2.24. The predicted molar refractivity (Wildman–Crippen MR) is 79.2 cm³/mol. The molecule has 3 N–H and O–H groups in total. The van der Waals surface area contributed by atoms with Gasteiger partial charge in [0.1, 0.15) is 0 Å². The summed E-state index contributed by atoms with van der Waals surface area (Å²) < 4.78 is 26.8. The van der Waals surface area contributed by atoms with E-state index in [4.69, 9.17) is 5.73 Å². The molecule has 0 radical (unpaired) electrons. The molecule has 19 heavy (non-hydrogen) atoms. The molecule has 0 aliphatic heterocycles. The van der Waals surface area contributed by atoms with Crippen molar-refractivity contribution in [2.75, 3.05) is 6.54 Å². The van der Waals surface area contributed by atoms with E-state index in [2.05, 4.69) is 4.72 Å². The fourth-order valence-corrected chi connectivity index (χ4v) is 3.56. The minimum absolute atomic E-state index is 0. The third-order valence-electron chi connectivity index (χ3n) is 3.34. The summed E-state index contributed by atoms with van der Waals surface area (Å²) in [5.74, 6) is 0.